The van der Waals surface area contributed by atoms with Crippen LogP contribution >= 0.6 is 27.0 Å². The molecule has 0 aromatic carbocycles. The van der Waals surface area contributed by atoms with Crippen molar-refractivity contribution in [3.8, 4) is 0 Å². The molecule has 0 atom stereocenters. The van der Waals surface area contributed by atoms with E-state index in [1.807, 2.05) is 0 Å². The predicted molar refractivity (Wildman–Crippen MR) is 91.7 cm³/mol. The maximum absolute atomic E-state index is 3.28. The Labute approximate surface area is 149 Å². The molecule has 2 N–H and O–H groups in total. The number of hydrogen-bond donors (Lipinski definition) is 2. The summed E-state index contributed by atoms with van der Waals surface area (Å²) in [5.41, 5.74) is 0. The summed E-state index contributed by atoms with van der Waals surface area (Å²) in [5, 5.41) is 6.57. The minimum Gasteiger partial charge on any atom is -0.813 e. The van der Waals surface area contributed by atoms with Gasteiger partial charge in [0.25, 0.3) is 0 Å². The van der Waals surface area contributed by atoms with Crippen molar-refractivity contribution in [3.63, 3.8) is 0 Å². The van der Waals surface area contributed by atoms with E-state index in [-0.39, 0.29) is 75.0 Å². The molecule has 2 rings (SSSR count). The number of rotatable bonds is 0. The van der Waals surface area contributed by atoms with E-state index < -0.39 is 0 Å². The summed E-state index contributed by atoms with van der Waals surface area (Å²) in [6.45, 7) is 5.00. The van der Waals surface area contributed by atoms with E-state index in [1.165, 1.54) is 64.7 Å². The number of hydrogen-bond acceptors (Lipinski definition) is 4. The van der Waals surface area contributed by atoms with Crippen molar-refractivity contribution in [3.05, 3.63) is 0 Å². The molecule has 2 heterocycles. The fourth-order valence-corrected chi connectivity index (χ4v) is 1.60. The van der Waals surface area contributed by atoms with Crippen LogP contribution < -0.4 is 10.6 Å². The second-order valence-corrected chi connectivity index (χ2v) is 3.62. The van der Waals surface area contributed by atoms with Crippen LogP contribution in [-0.4, -0.2) is 26.2 Å². The monoisotopic (exact) mass is 488 g/mol. The zero-order valence-electron chi connectivity index (χ0n) is 10.4. The van der Waals surface area contributed by atoms with Gasteiger partial charge >= 0.3 is 0 Å². The molecule has 0 unspecified atom stereocenters. The zero-order chi connectivity index (χ0) is 8.49. The van der Waals surface area contributed by atoms with Gasteiger partial charge in [-0.05, 0) is 51.9 Å². The molecule has 2 aliphatic heterocycles. The molecule has 0 aromatic heterocycles. The van der Waals surface area contributed by atoms with Crippen molar-refractivity contribution in [1.29, 1.82) is 0 Å². The summed E-state index contributed by atoms with van der Waals surface area (Å²) in [4.78, 5) is 0. The maximum Gasteiger partial charge on any atom is 0 e. The second-order valence-electron chi connectivity index (χ2n) is 3.62. The minimum absolute atomic E-state index is 0. The van der Waals surface area contributed by atoms with Crippen LogP contribution in [0.4, 0.5) is 0 Å². The first-order valence-corrected chi connectivity index (χ1v) is 5.41. The molecular formula is C10H28N2S4W-2. The molecule has 0 bridgehead atoms. The van der Waals surface area contributed by atoms with Crippen LogP contribution in [0.3, 0.4) is 0 Å². The van der Waals surface area contributed by atoms with E-state index >= 15 is 0 Å². The molecule has 0 saturated carbocycles. The van der Waals surface area contributed by atoms with Crippen LogP contribution in [0.1, 0.15) is 38.5 Å². The molecule has 2 aliphatic rings. The summed E-state index contributed by atoms with van der Waals surface area (Å²) in [5.74, 6) is 0. The second kappa shape index (κ2) is 26.5. The molecule has 0 spiro atoms. The Hall–Kier alpha value is 2.01. The van der Waals surface area contributed by atoms with E-state index in [0.29, 0.717) is 0 Å². The van der Waals surface area contributed by atoms with Crippen LogP contribution in [0.15, 0.2) is 0 Å². The van der Waals surface area contributed by atoms with Gasteiger partial charge in [-0.15, -0.1) is 0 Å². The van der Waals surface area contributed by atoms with Crippen LogP contribution in [0.25, 0.3) is 0 Å². The van der Waals surface area contributed by atoms with Crippen molar-refractivity contribution in [2.24, 2.45) is 0 Å². The van der Waals surface area contributed by atoms with Crippen LogP contribution in [0, 0.1) is 0 Å². The Morgan fingerprint density at radius 2 is 0.706 bits per heavy atom. The Morgan fingerprint density at radius 1 is 0.471 bits per heavy atom. The van der Waals surface area contributed by atoms with Gasteiger partial charge in [0, 0.05) is 21.1 Å². The average molecular weight is 488 g/mol. The normalized spacial score (nSPS) is 16.9. The first-order valence-electron chi connectivity index (χ1n) is 5.41. The van der Waals surface area contributed by atoms with Crippen LogP contribution in [0.2, 0.25) is 0 Å². The van der Waals surface area contributed by atoms with Gasteiger partial charge in [0.1, 0.15) is 0 Å². The quantitative estimate of drug-likeness (QED) is 0.396. The topological polar surface area (TPSA) is 24.1 Å². The third-order valence-corrected chi connectivity index (χ3v) is 2.41. The van der Waals surface area contributed by atoms with Gasteiger partial charge in [-0.3, -0.25) is 0 Å². The first kappa shape index (κ1) is 31.4. The zero-order valence-corrected chi connectivity index (χ0v) is 17.1. The smallest absolute Gasteiger partial charge is 0 e. The molecule has 7 heteroatoms. The van der Waals surface area contributed by atoms with Gasteiger partial charge in [0.15, 0.2) is 0 Å². The fourth-order valence-electron chi connectivity index (χ4n) is 1.60. The van der Waals surface area contributed by atoms with Crippen LogP contribution in [-0.2, 0) is 48.1 Å². The summed E-state index contributed by atoms with van der Waals surface area (Å²) in [6.07, 6.45) is 8.43. The Bertz CT molecular complexity index is 69.3. The number of nitrogens with one attached hydrogen (secondary N) is 2. The van der Waals surface area contributed by atoms with E-state index in [4.69, 9.17) is 0 Å². The molecule has 0 amide bonds. The molecule has 17 heavy (non-hydrogen) atoms. The number of piperidine rings is 2. The predicted octanol–water partition coefficient (Wildman–Crippen LogP) is 1.20. The van der Waals surface area contributed by atoms with Crippen molar-refractivity contribution >= 4 is 54.0 Å². The Balaban J connectivity index is -0.0000000436. The van der Waals surface area contributed by atoms with Crippen molar-refractivity contribution in [1.82, 2.24) is 10.6 Å². The van der Waals surface area contributed by atoms with Gasteiger partial charge in [-0.1, -0.05) is 12.8 Å². The van der Waals surface area contributed by atoms with Crippen LogP contribution in [0.5, 0.6) is 0 Å². The summed E-state index contributed by atoms with van der Waals surface area (Å²) in [7, 11) is 0. The summed E-state index contributed by atoms with van der Waals surface area (Å²) < 4.78 is 0. The molecule has 0 aliphatic carbocycles. The molecule has 110 valence electrons. The molecule has 0 aromatic rings. The van der Waals surface area contributed by atoms with E-state index in [2.05, 4.69) is 10.6 Å². The van der Waals surface area contributed by atoms with Gasteiger partial charge in [0.05, 0.1) is 0 Å². The van der Waals surface area contributed by atoms with Crippen molar-refractivity contribution in [2.45, 2.75) is 38.5 Å². The van der Waals surface area contributed by atoms with Crippen molar-refractivity contribution in [2.75, 3.05) is 26.2 Å². The average Bonchev–Trinajstić information content (AvgIpc) is 2.24. The van der Waals surface area contributed by atoms with E-state index in [1.54, 1.807) is 0 Å². The number of thiol groups is 2. The summed E-state index contributed by atoms with van der Waals surface area (Å²) in [6, 6.07) is 0. The van der Waals surface area contributed by atoms with E-state index in [0.717, 1.165) is 0 Å². The van der Waals surface area contributed by atoms with Gasteiger partial charge in [0.2, 0.25) is 0 Å². The molecule has 2 nitrogen and oxygen atoms in total. The minimum atomic E-state index is 0. The largest absolute Gasteiger partial charge is 0.813 e. The third kappa shape index (κ3) is 23.5. The Morgan fingerprint density at radius 3 is 0.765 bits per heavy atom. The molecule has 0 radical (unpaired) electrons. The fraction of sp³-hybridized carbons (Fsp3) is 1.00. The maximum atomic E-state index is 3.28. The molecule has 2 saturated heterocycles. The standard InChI is InChI=1S/2C5H11N.4H2S.W/c2*1-2-4-6-5-3-1;;;;;/h2*6H,1-5H2;4*1H2;/p-2. The van der Waals surface area contributed by atoms with Gasteiger partial charge in [-0.25, -0.2) is 0 Å². The van der Waals surface area contributed by atoms with Gasteiger partial charge < -0.3 is 37.6 Å². The molecule has 2 fully saturated rings. The Kier molecular flexibility index (Phi) is 49.1. The third-order valence-electron chi connectivity index (χ3n) is 2.41. The molecular weight excluding hydrogens is 460 g/mol. The summed E-state index contributed by atoms with van der Waals surface area (Å²) >= 11 is 0. The SMILES string of the molecule is C1CCNCC1.C1CCNCC1.S.S.[SH-].[SH-].[W]. The first-order chi connectivity index (χ1) is 6.00. The van der Waals surface area contributed by atoms with Gasteiger partial charge in [-0.2, -0.15) is 27.0 Å². The van der Waals surface area contributed by atoms with Crippen molar-refractivity contribution < 1.29 is 21.1 Å². The van der Waals surface area contributed by atoms with E-state index in [9.17, 15) is 0 Å².